The van der Waals surface area contributed by atoms with Crippen LogP contribution in [0.4, 0.5) is 0 Å². The highest BCUT2D eigenvalue weighted by atomic mass is 79.9. The first kappa shape index (κ1) is 51.3. The highest BCUT2D eigenvalue weighted by molar-refractivity contribution is 9.09. The maximum atomic E-state index is 5.86. The van der Waals surface area contributed by atoms with Gasteiger partial charge in [0.1, 0.15) is 13.6 Å². The summed E-state index contributed by atoms with van der Waals surface area (Å²) in [5.74, 6) is 1.26. The van der Waals surface area contributed by atoms with Crippen LogP contribution in [0.1, 0.15) is 219 Å². The summed E-state index contributed by atoms with van der Waals surface area (Å²) in [7, 11) is 0. The number of alkyl halides is 2. The van der Waals surface area contributed by atoms with Gasteiger partial charge in [0.05, 0.1) is 0 Å². The third-order valence-corrected chi connectivity index (χ3v) is 11.4. The molecule has 0 rings (SSSR count). The number of allylic oxidation sites excluding steroid dienone is 4. The molecule has 0 aromatic carbocycles. The molecule has 2 unspecified atom stereocenters. The van der Waals surface area contributed by atoms with Gasteiger partial charge in [0.2, 0.25) is 0 Å². The van der Waals surface area contributed by atoms with Crippen molar-refractivity contribution < 1.29 is 14.2 Å². The number of hydrogen-bond acceptors (Lipinski definition) is 3. The smallest absolute Gasteiger partial charge is 0.149 e. The van der Waals surface area contributed by atoms with Crippen LogP contribution >= 0.6 is 31.9 Å². The van der Waals surface area contributed by atoms with E-state index in [0.717, 1.165) is 36.7 Å². The van der Waals surface area contributed by atoms with E-state index < -0.39 is 0 Å². The minimum atomic E-state index is 0.333. The van der Waals surface area contributed by atoms with Gasteiger partial charge in [-0.1, -0.05) is 211 Å². The van der Waals surface area contributed by atoms with Gasteiger partial charge in [-0.25, -0.2) is 0 Å². The van der Waals surface area contributed by atoms with Gasteiger partial charge >= 0.3 is 0 Å². The highest BCUT2D eigenvalue weighted by Crippen LogP contribution is 2.19. The minimum absolute atomic E-state index is 0.333. The van der Waals surface area contributed by atoms with E-state index in [2.05, 4.69) is 70.0 Å². The summed E-state index contributed by atoms with van der Waals surface area (Å²) in [5, 5.41) is 2.33. The van der Waals surface area contributed by atoms with Gasteiger partial charge in [-0.15, -0.1) is 0 Å². The Bertz CT molecular complexity index is 629. The van der Waals surface area contributed by atoms with Crippen molar-refractivity contribution in [3.05, 3.63) is 24.3 Å². The zero-order valence-electron chi connectivity index (χ0n) is 34.3. The Morgan fingerprint density at radius 3 is 1.04 bits per heavy atom. The lowest BCUT2D eigenvalue weighted by molar-refractivity contribution is -0.133. The molecule has 51 heavy (non-hydrogen) atoms. The molecule has 0 radical (unpaired) electrons. The molecule has 5 heteroatoms. The Balaban J connectivity index is 3.98. The molecular weight excluding hydrogens is 760 g/mol. The standard InChI is InChI=1S/C46H88Br2O3/c1-3-5-27-33-45(35-29-23-19-15-11-7-9-13-17-21-25-31-39-47)37-41-49-43-51-44-50-42-38-46(34-28-6-4-2)36-30-24-20-16-12-8-10-14-18-22-26-32-40-48/h29-30,35-36,45-46H,3-28,31-34,37-44H2,1-2H3. The van der Waals surface area contributed by atoms with E-state index in [4.69, 9.17) is 14.2 Å². The van der Waals surface area contributed by atoms with E-state index in [1.807, 2.05) is 0 Å². The molecular formula is C46H88Br2O3. The fraction of sp³-hybridized carbons (Fsp3) is 0.913. The van der Waals surface area contributed by atoms with Gasteiger partial charge in [-0.3, -0.25) is 0 Å². The first-order valence-electron chi connectivity index (χ1n) is 22.5. The summed E-state index contributed by atoms with van der Waals surface area (Å²) < 4.78 is 17.4. The van der Waals surface area contributed by atoms with Crippen LogP contribution in [0.5, 0.6) is 0 Å². The lowest BCUT2D eigenvalue weighted by Gasteiger charge is -2.14. The van der Waals surface area contributed by atoms with Crippen LogP contribution < -0.4 is 0 Å². The zero-order valence-corrected chi connectivity index (χ0v) is 37.5. The Morgan fingerprint density at radius 2 is 0.706 bits per heavy atom. The van der Waals surface area contributed by atoms with Crippen molar-refractivity contribution in [1.29, 1.82) is 0 Å². The van der Waals surface area contributed by atoms with Crippen LogP contribution in [0.15, 0.2) is 24.3 Å². The summed E-state index contributed by atoms with van der Waals surface area (Å²) in [6.45, 7) is 6.78. The maximum absolute atomic E-state index is 5.86. The average Bonchev–Trinajstić information content (AvgIpc) is 3.14. The highest BCUT2D eigenvalue weighted by Gasteiger charge is 2.07. The second-order valence-corrected chi connectivity index (χ2v) is 16.8. The zero-order chi connectivity index (χ0) is 37.0. The molecule has 0 amide bonds. The van der Waals surface area contributed by atoms with Crippen molar-refractivity contribution >= 4 is 31.9 Å². The van der Waals surface area contributed by atoms with E-state index in [1.54, 1.807) is 0 Å². The maximum Gasteiger partial charge on any atom is 0.149 e. The molecule has 0 saturated heterocycles. The Kier molecular flexibility index (Phi) is 46.8. The molecule has 0 heterocycles. The van der Waals surface area contributed by atoms with Crippen molar-refractivity contribution in [1.82, 2.24) is 0 Å². The second-order valence-electron chi connectivity index (χ2n) is 15.2. The van der Waals surface area contributed by atoms with E-state index in [1.165, 1.54) is 193 Å². The molecule has 0 saturated carbocycles. The number of ether oxygens (including phenoxy) is 3. The SMILES string of the molecule is CCCCCC(C=CCCCCCCCCCCCCBr)CCOCOCOCCC(C=CCCCCCCCCCCCCBr)CCCCC. The lowest BCUT2D eigenvalue weighted by atomic mass is 9.97. The number of unbranched alkanes of at least 4 members (excludes halogenated alkanes) is 24. The van der Waals surface area contributed by atoms with Crippen LogP contribution in [-0.2, 0) is 14.2 Å². The van der Waals surface area contributed by atoms with Crippen molar-refractivity contribution in [3.8, 4) is 0 Å². The molecule has 0 aliphatic rings. The quantitative estimate of drug-likeness (QED) is 0.0265. The van der Waals surface area contributed by atoms with Crippen LogP contribution in [0, 0.1) is 11.8 Å². The number of halogens is 2. The molecule has 0 N–H and O–H groups in total. The van der Waals surface area contributed by atoms with Crippen molar-refractivity contribution in [2.24, 2.45) is 11.8 Å². The fourth-order valence-electron chi connectivity index (χ4n) is 6.84. The molecule has 0 spiro atoms. The van der Waals surface area contributed by atoms with Crippen LogP contribution in [0.25, 0.3) is 0 Å². The average molecular weight is 849 g/mol. The third kappa shape index (κ3) is 42.9. The topological polar surface area (TPSA) is 27.7 Å². The molecule has 0 aromatic rings. The first-order chi connectivity index (χ1) is 25.3. The summed E-state index contributed by atoms with van der Waals surface area (Å²) in [6, 6.07) is 0. The Hall–Kier alpha value is 0.320. The molecule has 2 atom stereocenters. The van der Waals surface area contributed by atoms with Gasteiger partial charge in [-0.05, 0) is 76.0 Å². The van der Waals surface area contributed by atoms with Gasteiger partial charge in [0, 0.05) is 23.9 Å². The number of rotatable bonds is 44. The Labute approximate surface area is 337 Å². The van der Waals surface area contributed by atoms with E-state index in [-0.39, 0.29) is 0 Å². The lowest BCUT2D eigenvalue weighted by Crippen LogP contribution is -2.10. The monoisotopic (exact) mass is 847 g/mol. The van der Waals surface area contributed by atoms with Crippen LogP contribution in [0.3, 0.4) is 0 Å². The molecule has 0 aromatic heterocycles. The predicted molar refractivity (Wildman–Crippen MR) is 235 cm³/mol. The van der Waals surface area contributed by atoms with E-state index >= 15 is 0 Å². The molecule has 0 aliphatic heterocycles. The van der Waals surface area contributed by atoms with E-state index in [9.17, 15) is 0 Å². The minimum Gasteiger partial charge on any atom is -0.355 e. The van der Waals surface area contributed by atoms with Gasteiger partial charge in [0.25, 0.3) is 0 Å². The summed E-state index contributed by atoms with van der Waals surface area (Å²) in [5.41, 5.74) is 0. The first-order valence-corrected chi connectivity index (χ1v) is 24.7. The molecule has 0 bridgehead atoms. The van der Waals surface area contributed by atoms with Crippen molar-refractivity contribution in [2.45, 2.75) is 219 Å². The third-order valence-electron chi connectivity index (χ3n) is 10.3. The van der Waals surface area contributed by atoms with Crippen molar-refractivity contribution in [3.63, 3.8) is 0 Å². The van der Waals surface area contributed by atoms with Gasteiger partial charge in [0.15, 0.2) is 0 Å². The van der Waals surface area contributed by atoms with Crippen LogP contribution in [0.2, 0.25) is 0 Å². The van der Waals surface area contributed by atoms with E-state index in [0.29, 0.717) is 25.4 Å². The normalized spacial score (nSPS) is 13.3. The van der Waals surface area contributed by atoms with Crippen molar-refractivity contribution in [2.75, 3.05) is 37.5 Å². The summed E-state index contributed by atoms with van der Waals surface area (Å²) in [4.78, 5) is 0. The fourth-order valence-corrected chi connectivity index (χ4v) is 7.64. The second kappa shape index (κ2) is 46.5. The largest absolute Gasteiger partial charge is 0.355 e. The number of hydrogen-bond donors (Lipinski definition) is 0. The van der Waals surface area contributed by atoms with Gasteiger partial charge in [-0.2, -0.15) is 0 Å². The molecule has 304 valence electrons. The van der Waals surface area contributed by atoms with Crippen LogP contribution in [-0.4, -0.2) is 37.5 Å². The Morgan fingerprint density at radius 1 is 0.373 bits per heavy atom. The molecule has 0 aliphatic carbocycles. The molecule has 3 nitrogen and oxygen atoms in total. The summed E-state index contributed by atoms with van der Waals surface area (Å²) >= 11 is 7.06. The molecule has 0 fully saturated rings. The predicted octanol–water partition coefficient (Wildman–Crippen LogP) is 16.6. The van der Waals surface area contributed by atoms with Gasteiger partial charge < -0.3 is 14.2 Å². The summed E-state index contributed by atoms with van der Waals surface area (Å²) in [6.07, 6.45) is 52.8.